The van der Waals surface area contributed by atoms with Crippen LogP contribution < -0.4 is 10.4 Å². The molecular weight excluding hydrogens is 424 g/mol. The van der Waals surface area contributed by atoms with E-state index in [4.69, 9.17) is 0 Å². The second kappa shape index (κ2) is 8.75. The van der Waals surface area contributed by atoms with E-state index in [1.54, 1.807) is 0 Å². The summed E-state index contributed by atoms with van der Waals surface area (Å²) in [4.78, 5) is 7.35. The van der Waals surface area contributed by atoms with E-state index in [1.165, 1.54) is 24.3 Å². The van der Waals surface area contributed by atoms with Crippen LogP contribution >= 0.6 is 0 Å². The molecule has 0 atom stereocenters. The van der Waals surface area contributed by atoms with Crippen molar-refractivity contribution in [1.82, 2.24) is 9.97 Å². The minimum Gasteiger partial charge on any atom is -0.253 e. The molecule has 2 heterocycles. The summed E-state index contributed by atoms with van der Waals surface area (Å²) in [7, 11) is 0. The highest BCUT2D eigenvalue weighted by atomic mass is 19.1. The highest BCUT2D eigenvalue weighted by Crippen LogP contribution is 2.24. The van der Waals surface area contributed by atoms with Gasteiger partial charge in [-0.1, -0.05) is 0 Å². The number of rotatable bonds is 2. The van der Waals surface area contributed by atoms with Crippen LogP contribution in [0.1, 0.15) is 0 Å². The van der Waals surface area contributed by atoms with Gasteiger partial charge in [-0.25, -0.2) is 17.6 Å². The number of nitriles is 4. The standard InChI is InChI=1S/C22H6F4N6/c23-13-1-3-15(31-9-13)19-17(11(5-27)6-28)22(26)20(16-4-2-14(24)10-32-16)18(21(19)25)12(7-29)8-30/h1-4,9-10H. The van der Waals surface area contributed by atoms with Crippen LogP contribution in [0.2, 0.25) is 0 Å². The monoisotopic (exact) mass is 430 g/mol. The Hall–Kier alpha value is -5.06. The lowest BCUT2D eigenvalue weighted by atomic mass is 9.94. The van der Waals surface area contributed by atoms with Gasteiger partial charge < -0.3 is 0 Å². The quantitative estimate of drug-likeness (QED) is 0.577. The van der Waals surface area contributed by atoms with Gasteiger partial charge in [0.25, 0.3) is 0 Å². The average Bonchev–Trinajstić information content (AvgIpc) is 2.80. The SMILES string of the molecule is N#CC(C#N)=c1c(F)c(-c2ccc(F)cn2)c(=C(C#N)C#N)c(F)c1-c1ccc(F)cn1. The molecule has 10 heteroatoms. The van der Waals surface area contributed by atoms with E-state index in [0.717, 1.165) is 24.3 Å². The van der Waals surface area contributed by atoms with E-state index >= 15 is 8.78 Å². The molecule has 0 fully saturated rings. The van der Waals surface area contributed by atoms with Crippen LogP contribution in [0.4, 0.5) is 17.6 Å². The summed E-state index contributed by atoms with van der Waals surface area (Å²) in [5, 5.41) is 35.6. The number of aromatic nitrogens is 2. The van der Waals surface area contributed by atoms with Gasteiger partial charge >= 0.3 is 0 Å². The Morgan fingerprint density at radius 1 is 0.594 bits per heavy atom. The fourth-order valence-corrected chi connectivity index (χ4v) is 2.96. The smallest absolute Gasteiger partial charge is 0.143 e. The fourth-order valence-electron chi connectivity index (χ4n) is 2.96. The van der Waals surface area contributed by atoms with Gasteiger partial charge in [-0.2, -0.15) is 21.0 Å². The van der Waals surface area contributed by atoms with Crippen LogP contribution in [0, 0.1) is 68.6 Å². The van der Waals surface area contributed by atoms with Gasteiger partial charge in [-0.3, -0.25) is 9.97 Å². The summed E-state index contributed by atoms with van der Waals surface area (Å²) >= 11 is 0. The summed E-state index contributed by atoms with van der Waals surface area (Å²) in [6, 6.07) is 9.52. The zero-order chi connectivity index (χ0) is 23.4. The Labute approximate surface area is 177 Å². The summed E-state index contributed by atoms with van der Waals surface area (Å²) in [6.07, 6.45) is 1.40. The number of pyridine rings is 2. The lowest BCUT2D eigenvalue weighted by molar-refractivity contribution is 0.589. The van der Waals surface area contributed by atoms with Crippen molar-refractivity contribution in [3.63, 3.8) is 0 Å². The highest BCUT2D eigenvalue weighted by molar-refractivity contribution is 5.84. The Kier molecular flexibility index (Phi) is 5.92. The largest absolute Gasteiger partial charge is 0.253 e. The third-order valence-electron chi connectivity index (χ3n) is 4.29. The van der Waals surface area contributed by atoms with E-state index in [9.17, 15) is 29.8 Å². The minimum absolute atomic E-state index is 0.365. The average molecular weight is 430 g/mol. The van der Waals surface area contributed by atoms with Crippen molar-refractivity contribution in [3.05, 3.63) is 70.4 Å². The van der Waals surface area contributed by atoms with Crippen LogP contribution in [0.3, 0.4) is 0 Å². The van der Waals surface area contributed by atoms with Gasteiger partial charge in [0.15, 0.2) is 0 Å². The molecule has 0 amide bonds. The summed E-state index contributed by atoms with van der Waals surface area (Å²) < 4.78 is 58.3. The molecule has 0 unspecified atom stereocenters. The molecule has 3 aromatic rings. The van der Waals surface area contributed by atoms with Gasteiger partial charge in [-0.15, -0.1) is 0 Å². The lowest BCUT2D eigenvalue weighted by Gasteiger charge is -2.12. The van der Waals surface area contributed by atoms with E-state index < -0.39 is 56.0 Å². The van der Waals surface area contributed by atoms with Gasteiger partial charge in [0, 0.05) is 11.1 Å². The lowest BCUT2D eigenvalue weighted by Crippen LogP contribution is -2.29. The first-order valence-electron chi connectivity index (χ1n) is 8.51. The predicted octanol–water partition coefficient (Wildman–Crippen LogP) is 2.76. The molecule has 1 aromatic carbocycles. The van der Waals surface area contributed by atoms with Crippen molar-refractivity contribution in [2.45, 2.75) is 0 Å². The van der Waals surface area contributed by atoms with Gasteiger partial charge in [0.2, 0.25) is 0 Å². The topological polar surface area (TPSA) is 121 Å². The Bertz CT molecular complexity index is 1380. The zero-order valence-electron chi connectivity index (χ0n) is 15.7. The maximum atomic E-state index is 15.8. The molecule has 3 rings (SSSR count). The zero-order valence-corrected chi connectivity index (χ0v) is 15.7. The first kappa shape index (κ1) is 21.6. The second-order valence-electron chi connectivity index (χ2n) is 6.05. The van der Waals surface area contributed by atoms with Crippen LogP contribution in [0.5, 0.6) is 0 Å². The first-order chi connectivity index (χ1) is 15.4. The van der Waals surface area contributed by atoms with E-state index in [-0.39, 0.29) is 11.4 Å². The number of hydrogen-bond donors (Lipinski definition) is 0. The molecule has 0 aliphatic rings. The molecule has 0 spiro atoms. The molecule has 0 aliphatic heterocycles. The molecular formula is C22H6F4N6. The van der Waals surface area contributed by atoms with Crippen molar-refractivity contribution < 1.29 is 17.6 Å². The molecule has 0 radical (unpaired) electrons. The molecule has 0 aliphatic carbocycles. The summed E-state index contributed by atoms with van der Waals surface area (Å²) in [5.74, 6) is -4.34. The number of nitrogens with zero attached hydrogens (tertiary/aromatic N) is 6. The van der Waals surface area contributed by atoms with E-state index in [1.807, 2.05) is 0 Å². The van der Waals surface area contributed by atoms with Crippen molar-refractivity contribution in [2.75, 3.05) is 0 Å². The second-order valence-corrected chi connectivity index (χ2v) is 6.05. The molecule has 0 saturated heterocycles. The predicted molar refractivity (Wildman–Crippen MR) is 101 cm³/mol. The summed E-state index contributed by atoms with van der Waals surface area (Å²) in [5.41, 5.74) is -3.90. The molecule has 152 valence electrons. The van der Waals surface area contributed by atoms with Crippen LogP contribution in [0.15, 0.2) is 36.7 Å². The van der Waals surface area contributed by atoms with Crippen molar-refractivity contribution in [1.29, 1.82) is 21.0 Å². The van der Waals surface area contributed by atoms with Crippen LogP contribution in [0.25, 0.3) is 33.7 Å². The first-order valence-corrected chi connectivity index (χ1v) is 8.51. The Morgan fingerprint density at radius 3 is 1.19 bits per heavy atom. The number of hydrogen-bond acceptors (Lipinski definition) is 6. The molecule has 2 aromatic heterocycles. The Balaban J connectivity index is 2.76. The maximum Gasteiger partial charge on any atom is 0.143 e. The normalized spacial score (nSPS) is 9.75. The summed E-state index contributed by atoms with van der Waals surface area (Å²) in [6.45, 7) is 0. The molecule has 0 bridgehead atoms. The third-order valence-corrected chi connectivity index (χ3v) is 4.29. The van der Waals surface area contributed by atoms with Gasteiger partial charge in [0.1, 0.15) is 58.7 Å². The van der Waals surface area contributed by atoms with Gasteiger partial charge in [-0.05, 0) is 24.3 Å². The van der Waals surface area contributed by atoms with Crippen molar-refractivity contribution >= 4 is 11.1 Å². The number of halogens is 4. The van der Waals surface area contributed by atoms with E-state index in [0.29, 0.717) is 12.4 Å². The molecule has 0 saturated carbocycles. The molecule has 6 nitrogen and oxygen atoms in total. The number of benzene rings is 1. The third kappa shape index (κ3) is 3.61. The maximum absolute atomic E-state index is 15.8. The Morgan fingerprint density at radius 2 is 0.938 bits per heavy atom. The van der Waals surface area contributed by atoms with Crippen molar-refractivity contribution in [2.24, 2.45) is 0 Å². The van der Waals surface area contributed by atoms with Crippen molar-refractivity contribution in [3.8, 4) is 46.8 Å². The molecule has 0 N–H and O–H groups in total. The fraction of sp³-hybridized carbons (Fsp3) is 0. The minimum atomic E-state index is -1.37. The molecule has 32 heavy (non-hydrogen) atoms. The van der Waals surface area contributed by atoms with Crippen LogP contribution in [-0.4, -0.2) is 9.97 Å². The van der Waals surface area contributed by atoms with Crippen LogP contribution in [-0.2, 0) is 0 Å². The van der Waals surface area contributed by atoms with Gasteiger partial charge in [0.05, 0.1) is 34.2 Å². The van der Waals surface area contributed by atoms with E-state index in [2.05, 4.69) is 9.97 Å². The highest BCUT2D eigenvalue weighted by Gasteiger charge is 2.25.